The second-order valence-electron chi connectivity index (χ2n) is 18.5. The standard InChI is InChI=1S/C48H73FN14O13/c1-24(2)20-34-44(72)57-30(12-16-50)40(68)56-32(14-18-52)43(71)62-37(25(3)65)47(75)53-19-15-33(42(70)55-31(13-17-51)41(69)60-35(45(73)59-34)21-27-8-6-5-7-9-27)58-46(74)36(23-64)61-48(76)38(26(4)66)63-39(67)29-11-10-28(49)22-54-29/h5-11,22,24-26,30-38,64-66H,12-21,23,50-52H2,1-4H3,(H,53,75)(H,55,70)(H,56,68)(H,57,72)(H,58,74)(H,59,73)(H,60,69)(H,61,76)(H,62,71)(H,63,67)/t25-,26-,30+,31+,32+,33+,34+,35-,36-,37+,38+/m1/s1. The summed E-state index contributed by atoms with van der Waals surface area (Å²) in [7, 11) is 0. The van der Waals surface area contributed by atoms with Crippen molar-refractivity contribution in [2.24, 2.45) is 23.1 Å². The van der Waals surface area contributed by atoms with Gasteiger partial charge in [-0.25, -0.2) is 9.37 Å². The maximum absolute atomic E-state index is 14.3. The highest BCUT2D eigenvalue weighted by Gasteiger charge is 2.37. The van der Waals surface area contributed by atoms with E-state index < -0.39 is 151 Å². The third-order valence-corrected chi connectivity index (χ3v) is 11.8. The van der Waals surface area contributed by atoms with Crippen molar-refractivity contribution >= 4 is 59.1 Å². The number of hydrogen-bond donors (Lipinski definition) is 16. The minimum Gasteiger partial charge on any atom is -0.394 e. The summed E-state index contributed by atoms with van der Waals surface area (Å²) in [5.74, 6) is -11.0. The van der Waals surface area contributed by atoms with E-state index in [1.807, 2.05) is 0 Å². The van der Waals surface area contributed by atoms with Gasteiger partial charge < -0.3 is 85.7 Å². The summed E-state index contributed by atoms with van der Waals surface area (Å²) in [6.07, 6.45) is -3.65. The van der Waals surface area contributed by atoms with E-state index in [9.17, 15) is 67.7 Å². The number of amides is 10. The van der Waals surface area contributed by atoms with E-state index in [0.717, 1.165) is 25.3 Å². The van der Waals surface area contributed by atoms with Crippen molar-refractivity contribution in [3.05, 3.63) is 65.7 Å². The van der Waals surface area contributed by atoms with Crippen LogP contribution >= 0.6 is 0 Å². The molecule has 0 unspecified atom stereocenters. The second-order valence-corrected chi connectivity index (χ2v) is 18.5. The van der Waals surface area contributed by atoms with Gasteiger partial charge in [-0.1, -0.05) is 44.2 Å². The summed E-state index contributed by atoms with van der Waals surface area (Å²) >= 11 is 0. The average molecular weight is 1070 g/mol. The lowest BCUT2D eigenvalue weighted by atomic mass is 10.00. The molecule has 1 fully saturated rings. The van der Waals surface area contributed by atoms with Crippen LogP contribution in [0.3, 0.4) is 0 Å². The molecular formula is C48H73FN14O13. The zero-order valence-corrected chi connectivity index (χ0v) is 42.8. The van der Waals surface area contributed by atoms with Crippen LogP contribution < -0.4 is 70.4 Å². The number of halogens is 1. The van der Waals surface area contributed by atoms with Crippen LogP contribution in [0, 0.1) is 11.7 Å². The highest BCUT2D eigenvalue weighted by molar-refractivity contribution is 6.00. The summed E-state index contributed by atoms with van der Waals surface area (Å²) in [5.41, 5.74) is 17.7. The first kappa shape index (κ1) is 63.1. The third-order valence-electron chi connectivity index (χ3n) is 11.8. The van der Waals surface area contributed by atoms with Crippen LogP contribution in [0.2, 0.25) is 0 Å². The quantitative estimate of drug-likeness (QED) is 0.0622. The number of aliphatic hydroxyl groups is 3. The summed E-state index contributed by atoms with van der Waals surface area (Å²) in [6.45, 7) is 3.72. The zero-order valence-electron chi connectivity index (χ0n) is 42.8. The molecule has 3 rings (SSSR count). The van der Waals surface area contributed by atoms with Gasteiger partial charge in [-0.05, 0) is 89.2 Å². The predicted octanol–water partition coefficient (Wildman–Crippen LogP) is -6.19. The maximum atomic E-state index is 14.3. The Morgan fingerprint density at radius 2 is 1.18 bits per heavy atom. The van der Waals surface area contributed by atoms with Crippen molar-refractivity contribution in [1.29, 1.82) is 0 Å². The molecule has 2 heterocycles. The topological polar surface area (TPSA) is 443 Å². The van der Waals surface area contributed by atoms with Gasteiger partial charge in [0.05, 0.1) is 25.0 Å². The fourth-order valence-electron chi connectivity index (χ4n) is 7.67. The largest absolute Gasteiger partial charge is 0.394 e. The van der Waals surface area contributed by atoms with Crippen molar-refractivity contribution in [1.82, 2.24) is 58.2 Å². The molecule has 0 bridgehead atoms. The van der Waals surface area contributed by atoms with Crippen LogP contribution in [-0.4, -0.2) is 179 Å². The van der Waals surface area contributed by atoms with E-state index in [0.29, 0.717) is 5.56 Å². The van der Waals surface area contributed by atoms with Gasteiger partial charge in [-0.3, -0.25) is 47.9 Å². The lowest BCUT2D eigenvalue weighted by Gasteiger charge is -2.28. The summed E-state index contributed by atoms with van der Waals surface area (Å²) in [6, 6.07) is -3.75. The normalized spacial score (nSPS) is 23.4. The molecule has 11 atom stereocenters. The van der Waals surface area contributed by atoms with Crippen LogP contribution in [0.15, 0.2) is 48.7 Å². The molecule has 19 N–H and O–H groups in total. The van der Waals surface area contributed by atoms with E-state index in [2.05, 4.69) is 58.2 Å². The molecule has 27 nitrogen and oxygen atoms in total. The third kappa shape index (κ3) is 20.1. The number of rotatable bonds is 19. The summed E-state index contributed by atoms with van der Waals surface area (Å²) < 4.78 is 13.4. The molecule has 1 aromatic carbocycles. The van der Waals surface area contributed by atoms with Gasteiger partial charge in [0.2, 0.25) is 53.2 Å². The number of carbonyl (C=O) groups excluding carboxylic acids is 10. The molecule has 420 valence electrons. The monoisotopic (exact) mass is 1070 g/mol. The van der Waals surface area contributed by atoms with E-state index in [1.54, 1.807) is 44.2 Å². The summed E-state index contributed by atoms with van der Waals surface area (Å²) in [5, 5.41) is 55.9. The zero-order chi connectivity index (χ0) is 56.6. The van der Waals surface area contributed by atoms with Gasteiger partial charge in [-0.2, -0.15) is 0 Å². The Morgan fingerprint density at radius 3 is 1.68 bits per heavy atom. The van der Waals surface area contributed by atoms with Gasteiger partial charge >= 0.3 is 0 Å². The smallest absolute Gasteiger partial charge is 0.270 e. The number of carbonyl (C=O) groups is 10. The number of nitrogens with zero attached hydrogens (tertiary/aromatic N) is 1. The van der Waals surface area contributed by atoms with E-state index in [4.69, 9.17) is 17.2 Å². The van der Waals surface area contributed by atoms with E-state index in [1.165, 1.54) is 6.92 Å². The number of hydrogen-bond acceptors (Lipinski definition) is 17. The molecule has 1 aromatic heterocycles. The van der Waals surface area contributed by atoms with Crippen LogP contribution in [0.25, 0.3) is 0 Å². The Hall–Kier alpha value is -7.24. The van der Waals surface area contributed by atoms with Crippen molar-refractivity contribution in [3.8, 4) is 0 Å². The fraction of sp³-hybridized carbons (Fsp3) is 0.562. The van der Waals surface area contributed by atoms with Crippen LogP contribution in [0.4, 0.5) is 4.39 Å². The van der Waals surface area contributed by atoms with Gasteiger partial charge in [0.25, 0.3) is 5.91 Å². The lowest BCUT2D eigenvalue weighted by molar-refractivity contribution is -0.136. The Labute approximate surface area is 438 Å². The number of aromatic nitrogens is 1. The fourth-order valence-corrected chi connectivity index (χ4v) is 7.67. The van der Waals surface area contributed by atoms with Gasteiger partial charge in [-0.15, -0.1) is 0 Å². The number of benzene rings is 1. The molecule has 0 radical (unpaired) electrons. The second kappa shape index (κ2) is 31.6. The SMILES string of the molecule is CC(C)C[C@@H]1NC(=O)[C@@H](Cc2ccccc2)NC(=O)[C@H](CCN)NC(=O)[C@@H](NC(=O)[C@@H](CO)NC(=O)[C@@H](NC(=O)c2ccc(F)cn2)[C@@H](C)O)CCNC(=O)[C@H]([C@@H](C)O)NC(=O)[C@H](CCN)NC(=O)[C@H](CCN)NC1=O. The molecule has 0 spiro atoms. The van der Waals surface area contributed by atoms with Crippen molar-refractivity contribution < 1.29 is 67.7 Å². The molecule has 2 aromatic rings. The minimum atomic E-state index is -1.89. The van der Waals surface area contributed by atoms with E-state index >= 15 is 0 Å². The maximum Gasteiger partial charge on any atom is 0.270 e. The highest BCUT2D eigenvalue weighted by atomic mass is 19.1. The molecule has 10 amide bonds. The molecule has 0 aliphatic carbocycles. The van der Waals surface area contributed by atoms with Gasteiger partial charge in [0.1, 0.15) is 65.9 Å². The van der Waals surface area contributed by atoms with Crippen LogP contribution in [-0.2, 0) is 49.6 Å². The van der Waals surface area contributed by atoms with Gasteiger partial charge in [0, 0.05) is 13.0 Å². The molecule has 1 aliphatic rings. The molecule has 1 saturated heterocycles. The van der Waals surface area contributed by atoms with Gasteiger partial charge in [0.15, 0.2) is 0 Å². The van der Waals surface area contributed by atoms with Crippen molar-refractivity contribution in [2.75, 3.05) is 32.8 Å². The number of nitrogens with two attached hydrogens (primary N) is 3. The number of nitrogens with one attached hydrogen (secondary N) is 10. The number of pyridine rings is 1. The van der Waals surface area contributed by atoms with Crippen LogP contribution in [0.1, 0.15) is 75.9 Å². The number of aliphatic hydroxyl groups excluding tert-OH is 3. The van der Waals surface area contributed by atoms with Crippen LogP contribution in [0.5, 0.6) is 0 Å². The first-order chi connectivity index (χ1) is 36.0. The molecular weight excluding hydrogens is 1000 g/mol. The molecule has 0 saturated carbocycles. The molecule has 1 aliphatic heterocycles. The lowest BCUT2D eigenvalue weighted by Crippen LogP contribution is -2.61. The van der Waals surface area contributed by atoms with E-state index in [-0.39, 0.29) is 63.4 Å². The Balaban J connectivity index is 2.09. The average Bonchev–Trinajstić information content (AvgIpc) is 3.36. The molecule has 28 heteroatoms. The highest BCUT2D eigenvalue weighted by Crippen LogP contribution is 2.11. The molecule has 76 heavy (non-hydrogen) atoms. The van der Waals surface area contributed by atoms with Crippen molar-refractivity contribution in [2.45, 2.75) is 133 Å². The Bertz CT molecular complexity index is 2300. The first-order valence-corrected chi connectivity index (χ1v) is 24.8. The summed E-state index contributed by atoms with van der Waals surface area (Å²) in [4.78, 5) is 142. The minimum absolute atomic E-state index is 0.0360. The Kier molecular flexibility index (Phi) is 26.2. The Morgan fingerprint density at radius 1 is 0.671 bits per heavy atom. The predicted molar refractivity (Wildman–Crippen MR) is 270 cm³/mol. The first-order valence-electron chi connectivity index (χ1n) is 24.8. The van der Waals surface area contributed by atoms with Crippen molar-refractivity contribution in [3.63, 3.8) is 0 Å².